The molecule has 0 N–H and O–H groups in total. The van der Waals surface area contributed by atoms with E-state index in [9.17, 15) is 0 Å². The van der Waals surface area contributed by atoms with Crippen molar-refractivity contribution >= 4 is 47.7 Å². The molecule has 0 aliphatic carbocycles. The first kappa shape index (κ1) is 17.7. The van der Waals surface area contributed by atoms with Gasteiger partial charge in [-0.25, -0.2) is 0 Å². The molecule has 0 bridgehead atoms. The van der Waals surface area contributed by atoms with Crippen LogP contribution in [0.2, 0.25) is 26.2 Å². The summed E-state index contributed by atoms with van der Waals surface area (Å²) in [7, 11) is -3.72. The zero-order valence-electron chi connectivity index (χ0n) is 17.1. The number of benzene rings is 4. The maximum atomic E-state index is 2.56. The van der Waals surface area contributed by atoms with Gasteiger partial charge in [0.2, 0.25) is 0 Å². The Morgan fingerprint density at radius 2 is 1.07 bits per heavy atom. The van der Waals surface area contributed by atoms with E-state index in [1.165, 1.54) is 16.5 Å². The molecule has 4 aromatic rings. The largest absolute Gasteiger partial charge is 0.113 e. The van der Waals surface area contributed by atoms with Crippen LogP contribution in [0.1, 0.15) is 0 Å². The molecule has 0 spiro atoms. The van der Waals surface area contributed by atoms with Gasteiger partial charge in [0.25, 0.3) is 0 Å². The van der Waals surface area contributed by atoms with Crippen molar-refractivity contribution in [1.82, 2.24) is 0 Å². The first-order valence-corrected chi connectivity index (χ1v) is 16.1. The van der Waals surface area contributed by atoms with Crippen molar-refractivity contribution in [3.63, 3.8) is 0 Å². The highest BCUT2D eigenvalue weighted by atomic mass is 28.3. The highest BCUT2D eigenvalue weighted by molar-refractivity contribution is 7.13. The van der Waals surface area contributed by atoms with Crippen molar-refractivity contribution in [3.8, 4) is 11.1 Å². The van der Waals surface area contributed by atoms with Crippen LogP contribution >= 0.6 is 0 Å². The lowest BCUT2D eigenvalue weighted by molar-refractivity contribution is 1.63. The van der Waals surface area contributed by atoms with Crippen LogP contribution in [-0.4, -0.2) is 16.1 Å². The van der Waals surface area contributed by atoms with Crippen molar-refractivity contribution in [2.24, 2.45) is 0 Å². The van der Waals surface area contributed by atoms with Crippen LogP contribution in [0.5, 0.6) is 0 Å². The third-order valence-corrected chi connectivity index (χ3v) is 14.0. The van der Waals surface area contributed by atoms with Crippen LogP contribution in [0.15, 0.2) is 84.9 Å². The van der Waals surface area contributed by atoms with Gasteiger partial charge in [0.1, 0.15) is 16.1 Å². The molecule has 4 aromatic carbocycles. The molecule has 1 aliphatic heterocycles. The minimum atomic E-state index is -1.89. The van der Waals surface area contributed by atoms with Crippen LogP contribution in [-0.2, 0) is 0 Å². The average molecular weight is 395 g/mol. The predicted molar refractivity (Wildman–Crippen MR) is 129 cm³/mol. The second kappa shape index (κ2) is 6.03. The van der Waals surface area contributed by atoms with Gasteiger partial charge >= 0.3 is 0 Å². The van der Waals surface area contributed by atoms with Crippen molar-refractivity contribution < 1.29 is 0 Å². The zero-order chi connectivity index (χ0) is 19.5. The van der Waals surface area contributed by atoms with Crippen LogP contribution in [0.3, 0.4) is 0 Å². The first-order valence-electron chi connectivity index (χ1n) is 10.1. The summed E-state index contributed by atoms with van der Waals surface area (Å²) < 4.78 is 0. The maximum absolute atomic E-state index is 2.56. The Morgan fingerprint density at radius 3 is 1.75 bits per heavy atom. The summed E-state index contributed by atoms with van der Waals surface area (Å²) in [6.45, 7) is 10.2. The molecule has 0 aromatic heterocycles. The Labute approximate surface area is 169 Å². The molecule has 0 atom stereocenters. The van der Waals surface area contributed by atoms with Gasteiger partial charge in [0, 0.05) is 0 Å². The number of fused-ring (bicyclic) bond motifs is 1. The molecule has 0 saturated heterocycles. The third-order valence-electron chi connectivity index (χ3n) is 6.70. The zero-order valence-corrected chi connectivity index (χ0v) is 19.1. The Kier molecular flexibility index (Phi) is 3.81. The van der Waals surface area contributed by atoms with Crippen molar-refractivity contribution in [2.45, 2.75) is 26.2 Å². The molecule has 0 saturated carbocycles. The average Bonchev–Trinajstić information content (AvgIpc) is 2.77. The highest BCUT2D eigenvalue weighted by Crippen LogP contribution is 2.26. The molecular formula is C26H26Si2. The maximum Gasteiger partial charge on any atom is 0.113 e. The lowest BCUT2D eigenvalue weighted by Crippen LogP contribution is -2.64. The van der Waals surface area contributed by atoms with E-state index in [1.54, 1.807) is 26.1 Å². The number of hydrogen-bond donors (Lipinski definition) is 0. The summed E-state index contributed by atoms with van der Waals surface area (Å²) in [6, 6.07) is 32.0. The molecule has 0 fully saturated rings. The first-order chi connectivity index (χ1) is 13.4. The van der Waals surface area contributed by atoms with E-state index in [0.717, 1.165) is 0 Å². The quantitative estimate of drug-likeness (QED) is 0.418. The van der Waals surface area contributed by atoms with E-state index in [2.05, 4.69) is 111 Å². The summed E-state index contributed by atoms with van der Waals surface area (Å²) in [5.41, 5.74) is 2.79. The van der Waals surface area contributed by atoms with Gasteiger partial charge in [-0.3, -0.25) is 0 Å². The fourth-order valence-electron chi connectivity index (χ4n) is 5.27. The summed E-state index contributed by atoms with van der Waals surface area (Å²) >= 11 is 0. The van der Waals surface area contributed by atoms with Crippen molar-refractivity contribution in [1.29, 1.82) is 0 Å². The molecule has 0 unspecified atom stereocenters. The van der Waals surface area contributed by atoms with E-state index in [0.29, 0.717) is 0 Å². The summed E-state index contributed by atoms with van der Waals surface area (Å²) in [5, 5.41) is 9.45. The molecule has 138 valence electrons. The highest BCUT2D eigenvalue weighted by Gasteiger charge is 2.42. The standard InChI is InChI=1S/C26H26Si2/c1-27(2)22-16-8-13-20-14-9-17-23(25(20)22)28(3,4)26-21(15-10-18-24(26)27)19-11-6-5-7-12-19/h5-18H,1-4H3. The Bertz CT molecular complexity index is 1200. The molecule has 0 radical (unpaired) electrons. The Hall–Kier alpha value is -2.43. The normalized spacial score (nSPS) is 16.4. The molecule has 2 heteroatoms. The van der Waals surface area contributed by atoms with Gasteiger partial charge in [-0.1, -0.05) is 116 Å². The van der Waals surface area contributed by atoms with E-state index < -0.39 is 16.1 Å². The second-order valence-corrected chi connectivity index (χ2v) is 17.7. The number of hydrogen-bond acceptors (Lipinski definition) is 0. The van der Waals surface area contributed by atoms with Gasteiger partial charge in [0.05, 0.1) is 0 Å². The van der Waals surface area contributed by atoms with Gasteiger partial charge < -0.3 is 0 Å². The third kappa shape index (κ3) is 2.34. The van der Waals surface area contributed by atoms with E-state index >= 15 is 0 Å². The smallest absolute Gasteiger partial charge is 0.0626 e. The lowest BCUT2D eigenvalue weighted by Gasteiger charge is -2.31. The summed E-state index contributed by atoms with van der Waals surface area (Å²) in [5.74, 6) is 0. The molecule has 0 nitrogen and oxygen atoms in total. The Balaban J connectivity index is 1.98. The fraction of sp³-hybridized carbons (Fsp3) is 0.154. The van der Waals surface area contributed by atoms with Crippen molar-refractivity contribution in [2.75, 3.05) is 0 Å². The van der Waals surface area contributed by atoms with Gasteiger partial charge in [-0.15, -0.1) is 0 Å². The summed E-state index contributed by atoms with van der Waals surface area (Å²) in [6.07, 6.45) is 0. The van der Waals surface area contributed by atoms with Crippen molar-refractivity contribution in [3.05, 3.63) is 84.9 Å². The lowest BCUT2D eigenvalue weighted by atomic mass is 10.1. The molecular weight excluding hydrogens is 368 g/mol. The van der Waals surface area contributed by atoms with Crippen LogP contribution in [0.25, 0.3) is 21.9 Å². The minimum absolute atomic E-state index is 1.35. The van der Waals surface area contributed by atoms with E-state index in [4.69, 9.17) is 0 Å². The van der Waals surface area contributed by atoms with Gasteiger partial charge in [0.15, 0.2) is 0 Å². The van der Waals surface area contributed by atoms with E-state index in [1.807, 2.05) is 0 Å². The van der Waals surface area contributed by atoms with Crippen LogP contribution in [0, 0.1) is 0 Å². The van der Waals surface area contributed by atoms with Crippen LogP contribution in [0.4, 0.5) is 0 Å². The molecule has 1 aliphatic rings. The minimum Gasteiger partial charge on any atom is -0.0626 e. The number of rotatable bonds is 1. The summed E-state index contributed by atoms with van der Waals surface area (Å²) in [4.78, 5) is 0. The predicted octanol–water partition coefficient (Wildman–Crippen LogP) is 4.47. The van der Waals surface area contributed by atoms with Crippen LogP contribution < -0.4 is 20.7 Å². The molecule has 0 amide bonds. The fourth-order valence-corrected chi connectivity index (χ4v) is 13.6. The monoisotopic (exact) mass is 394 g/mol. The topological polar surface area (TPSA) is 0 Å². The Morgan fingerprint density at radius 1 is 0.500 bits per heavy atom. The van der Waals surface area contributed by atoms with Gasteiger partial charge in [-0.05, 0) is 37.5 Å². The molecule has 5 rings (SSSR count). The molecule has 1 heterocycles. The van der Waals surface area contributed by atoms with Gasteiger partial charge in [-0.2, -0.15) is 0 Å². The SMILES string of the molecule is C[Si]1(C)c2cccc(-c3ccccc3)c2[Si](C)(C)c2cccc3cccc1c23. The van der Waals surface area contributed by atoms with E-state index in [-0.39, 0.29) is 0 Å². The molecule has 28 heavy (non-hydrogen) atoms. The second-order valence-electron chi connectivity index (χ2n) is 9.05.